The van der Waals surface area contributed by atoms with Gasteiger partial charge in [-0.2, -0.15) is 0 Å². The molecule has 0 aromatic heterocycles. The molecule has 0 saturated carbocycles. The summed E-state index contributed by atoms with van der Waals surface area (Å²) in [4.78, 5) is 11.4. The molecule has 0 aliphatic rings. The summed E-state index contributed by atoms with van der Waals surface area (Å²) < 4.78 is 1.06. The number of unbranched alkanes of at least 4 members (excludes halogenated alkanes) is 11. The van der Waals surface area contributed by atoms with E-state index in [9.17, 15) is 4.79 Å². The summed E-state index contributed by atoms with van der Waals surface area (Å²) in [6.07, 6.45) is 17.9. The van der Waals surface area contributed by atoms with Crippen LogP contribution in [-0.4, -0.2) is 44.1 Å². The molecule has 0 aromatic rings. The van der Waals surface area contributed by atoms with Crippen molar-refractivity contribution in [1.29, 1.82) is 0 Å². The zero-order valence-electron chi connectivity index (χ0n) is 18.4. The van der Waals surface area contributed by atoms with Crippen LogP contribution in [0.1, 0.15) is 97.3 Å². The van der Waals surface area contributed by atoms with E-state index in [2.05, 4.69) is 32.9 Å². The first-order chi connectivity index (χ1) is 12.4. The molecule has 1 N–H and O–H groups in total. The molecule has 1 amide bonds. The summed E-state index contributed by atoms with van der Waals surface area (Å²) in [5, 5.41) is 2.92. The van der Waals surface area contributed by atoms with Crippen LogP contribution in [-0.2, 0) is 4.79 Å². The van der Waals surface area contributed by atoms with Crippen molar-refractivity contribution in [3.63, 3.8) is 0 Å². The van der Waals surface area contributed by atoms with Crippen LogP contribution in [0, 0.1) is 0 Å². The molecule has 0 spiro atoms. The van der Waals surface area contributed by atoms with Gasteiger partial charge in [-0.3, -0.25) is 4.79 Å². The third kappa shape index (κ3) is 16.6. The van der Waals surface area contributed by atoms with Gasteiger partial charge in [0.15, 0.2) is 0 Å². The molecule has 0 aliphatic heterocycles. The lowest BCUT2D eigenvalue weighted by molar-refractivity contribution is -0.890. The van der Waals surface area contributed by atoms with Crippen LogP contribution in [0.25, 0.3) is 0 Å². The highest BCUT2D eigenvalue weighted by Gasteiger charge is 2.14. The summed E-state index contributed by atoms with van der Waals surface area (Å²) in [7, 11) is 4.61. The average Bonchev–Trinajstić information content (AvgIpc) is 2.59. The van der Waals surface area contributed by atoms with Crippen LogP contribution in [0.4, 0.5) is 0 Å². The molecule has 0 unspecified atom stereocenters. The number of quaternary nitrogens is 1. The third-order valence-electron chi connectivity index (χ3n) is 5.23. The van der Waals surface area contributed by atoms with E-state index < -0.39 is 0 Å². The number of nitrogens with zero attached hydrogens (tertiary/aromatic N) is 1. The summed E-state index contributed by atoms with van der Waals surface area (Å²) in [6, 6.07) is 0. The minimum Gasteiger partial charge on any atom is -0.352 e. The Bertz CT molecular complexity index is 363. The number of rotatable bonds is 18. The second-order valence-corrected chi connectivity index (χ2v) is 8.66. The summed E-state index contributed by atoms with van der Waals surface area (Å²) in [5.41, 5.74) is 0.593. The molecule has 0 aliphatic carbocycles. The van der Waals surface area contributed by atoms with E-state index in [0.29, 0.717) is 5.57 Å². The molecule has 0 heterocycles. The molecule has 0 atom stereocenters. The fraction of sp³-hybridized carbons (Fsp3) is 0.870. The number of amides is 1. The quantitative estimate of drug-likeness (QED) is 0.184. The molecule has 26 heavy (non-hydrogen) atoms. The smallest absolute Gasteiger partial charge is 0.246 e. The van der Waals surface area contributed by atoms with Crippen molar-refractivity contribution < 1.29 is 9.28 Å². The van der Waals surface area contributed by atoms with E-state index in [0.717, 1.165) is 24.0 Å². The molecular weight excluding hydrogens is 320 g/mol. The molecule has 0 fully saturated rings. The van der Waals surface area contributed by atoms with Crippen molar-refractivity contribution in [3.05, 3.63) is 12.2 Å². The van der Waals surface area contributed by atoms with E-state index in [-0.39, 0.29) is 5.91 Å². The average molecular weight is 368 g/mol. The van der Waals surface area contributed by atoms with Gasteiger partial charge in [-0.25, -0.2) is 0 Å². The van der Waals surface area contributed by atoms with Crippen LogP contribution < -0.4 is 5.32 Å². The molecule has 154 valence electrons. The van der Waals surface area contributed by atoms with E-state index in [4.69, 9.17) is 0 Å². The molecule has 0 aromatic carbocycles. The second kappa shape index (κ2) is 16.4. The maximum absolute atomic E-state index is 11.4. The highest BCUT2D eigenvalue weighted by Crippen LogP contribution is 2.12. The van der Waals surface area contributed by atoms with Gasteiger partial charge in [0.25, 0.3) is 0 Å². The Morgan fingerprint density at radius 1 is 0.769 bits per heavy atom. The van der Waals surface area contributed by atoms with Gasteiger partial charge < -0.3 is 9.80 Å². The zero-order chi connectivity index (χ0) is 19.7. The highest BCUT2D eigenvalue weighted by molar-refractivity contribution is 5.91. The Labute approximate surface area is 164 Å². The minimum absolute atomic E-state index is 0.0173. The van der Waals surface area contributed by atoms with E-state index in [1.54, 1.807) is 6.92 Å². The largest absolute Gasteiger partial charge is 0.352 e. The van der Waals surface area contributed by atoms with Gasteiger partial charge >= 0.3 is 0 Å². The van der Waals surface area contributed by atoms with E-state index in [1.807, 2.05) is 0 Å². The Morgan fingerprint density at radius 2 is 1.19 bits per heavy atom. The number of nitrogens with one attached hydrogen (secondary N) is 1. The highest BCUT2D eigenvalue weighted by atomic mass is 16.1. The molecule has 0 bridgehead atoms. The summed E-state index contributed by atoms with van der Waals surface area (Å²) in [6.45, 7) is 10.8. The van der Waals surface area contributed by atoms with Crippen molar-refractivity contribution in [1.82, 2.24) is 5.32 Å². The van der Waals surface area contributed by atoms with Gasteiger partial charge in [0, 0.05) is 18.5 Å². The molecule has 0 radical (unpaired) electrons. The van der Waals surface area contributed by atoms with Crippen LogP contribution in [0.5, 0.6) is 0 Å². The van der Waals surface area contributed by atoms with Crippen molar-refractivity contribution >= 4 is 5.91 Å². The maximum Gasteiger partial charge on any atom is 0.246 e. The lowest BCUT2D eigenvalue weighted by atomic mass is 10.1. The lowest BCUT2D eigenvalue weighted by Crippen LogP contribution is -2.42. The van der Waals surface area contributed by atoms with Crippen LogP contribution >= 0.6 is 0 Å². The Balaban J connectivity index is 3.42. The Hall–Kier alpha value is -0.830. The standard InChI is InChI=1S/C23H46N2O/c1-6-7-8-9-10-11-12-13-14-15-16-17-20-25(4,5)21-18-19-24-23(26)22(2)3/h2,6-21H2,1,3-5H3/p+1. The van der Waals surface area contributed by atoms with Gasteiger partial charge in [-0.05, 0) is 19.8 Å². The van der Waals surface area contributed by atoms with E-state index in [1.165, 1.54) is 83.6 Å². The van der Waals surface area contributed by atoms with Crippen molar-refractivity contribution in [3.8, 4) is 0 Å². The van der Waals surface area contributed by atoms with Crippen molar-refractivity contribution in [2.75, 3.05) is 33.7 Å². The second-order valence-electron chi connectivity index (χ2n) is 8.66. The number of hydrogen-bond acceptors (Lipinski definition) is 1. The first-order valence-corrected chi connectivity index (χ1v) is 11.1. The van der Waals surface area contributed by atoms with Crippen LogP contribution in [0.15, 0.2) is 12.2 Å². The van der Waals surface area contributed by atoms with E-state index >= 15 is 0 Å². The lowest BCUT2D eigenvalue weighted by Gasteiger charge is -2.30. The number of carbonyl (C=O) groups is 1. The van der Waals surface area contributed by atoms with Gasteiger partial charge in [0.2, 0.25) is 5.91 Å². The normalized spacial score (nSPS) is 11.5. The Kier molecular flexibility index (Phi) is 15.8. The molecule has 0 rings (SSSR count). The molecular formula is C23H47N2O+. The minimum atomic E-state index is -0.0173. The summed E-state index contributed by atoms with van der Waals surface area (Å²) in [5.74, 6) is -0.0173. The van der Waals surface area contributed by atoms with Crippen molar-refractivity contribution in [2.24, 2.45) is 0 Å². The van der Waals surface area contributed by atoms with Gasteiger partial charge in [-0.15, -0.1) is 0 Å². The number of carbonyl (C=O) groups excluding carboxylic acids is 1. The van der Waals surface area contributed by atoms with Gasteiger partial charge in [0.1, 0.15) is 0 Å². The zero-order valence-corrected chi connectivity index (χ0v) is 18.4. The SMILES string of the molecule is C=C(C)C(=O)NCCC[N+](C)(C)CCCCCCCCCCCCCC. The first kappa shape index (κ1) is 25.2. The monoisotopic (exact) mass is 367 g/mol. The predicted octanol–water partition coefficient (Wildman–Crippen LogP) is 5.85. The predicted molar refractivity (Wildman–Crippen MR) is 115 cm³/mol. The first-order valence-electron chi connectivity index (χ1n) is 11.1. The fourth-order valence-electron chi connectivity index (χ4n) is 3.35. The topological polar surface area (TPSA) is 29.1 Å². The van der Waals surface area contributed by atoms with Gasteiger partial charge in [0.05, 0.1) is 27.2 Å². The summed E-state index contributed by atoms with van der Waals surface area (Å²) >= 11 is 0. The Morgan fingerprint density at radius 3 is 1.65 bits per heavy atom. The molecule has 3 nitrogen and oxygen atoms in total. The maximum atomic E-state index is 11.4. The molecule has 3 heteroatoms. The third-order valence-corrected chi connectivity index (χ3v) is 5.23. The number of hydrogen-bond donors (Lipinski definition) is 1. The molecule has 0 saturated heterocycles. The van der Waals surface area contributed by atoms with Crippen LogP contribution in [0.3, 0.4) is 0 Å². The van der Waals surface area contributed by atoms with Gasteiger partial charge in [-0.1, -0.05) is 77.7 Å². The fourth-order valence-corrected chi connectivity index (χ4v) is 3.35. The van der Waals surface area contributed by atoms with Crippen molar-refractivity contribution in [2.45, 2.75) is 97.3 Å². The van der Waals surface area contributed by atoms with Crippen LogP contribution in [0.2, 0.25) is 0 Å².